The Balaban J connectivity index is 0.00000420. The lowest BCUT2D eigenvalue weighted by atomic mass is 10.1. The van der Waals surface area contributed by atoms with Crippen LogP contribution in [0.25, 0.3) is 0 Å². The topological polar surface area (TPSA) is 83.0 Å². The number of sulfonamides is 1. The molecule has 0 atom stereocenters. The van der Waals surface area contributed by atoms with Gasteiger partial charge in [-0.25, -0.2) is 13.1 Å². The Bertz CT molecular complexity index is 902. The zero-order chi connectivity index (χ0) is 20.6. The number of nitrogens with zero attached hydrogens (tertiary/aromatic N) is 2. The summed E-state index contributed by atoms with van der Waals surface area (Å²) in [6, 6.07) is 15.4. The maximum absolute atomic E-state index is 11.7. The van der Waals surface area contributed by atoms with Crippen LogP contribution in [0.3, 0.4) is 0 Å². The van der Waals surface area contributed by atoms with Gasteiger partial charge >= 0.3 is 0 Å². The number of guanidine groups is 1. The van der Waals surface area contributed by atoms with E-state index in [1.54, 1.807) is 14.2 Å². The third-order valence-corrected chi connectivity index (χ3v) is 5.60. The van der Waals surface area contributed by atoms with E-state index in [0.29, 0.717) is 13.1 Å². The molecule has 0 saturated heterocycles. The maximum Gasteiger partial charge on any atom is 0.215 e. The van der Waals surface area contributed by atoms with E-state index in [0.717, 1.165) is 28.4 Å². The molecule has 0 bridgehead atoms. The van der Waals surface area contributed by atoms with Crippen LogP contribution in [0.2, 0.25) is 0 Å². The summed E-state index contributed by atoms with van der Waals surface area (Å²) >= 11 is 0. The smallest absolute Gasteiger partial charge is 0.215 e. The molecule has 2 N–H and O–H groups in total. The summed E-state index contributed by atoms with van der Waals surface area (Å²) in [7, 11) is 3.49. The zero-order valence-corrected chi connectivity index (χ0v) is 20.3. The minimum Gasteiger partial charge on any atom is -0.497 e. The summed E-state index contributed by atoms with van der Waals surface area (Å²) in [5, 5.41) is 3.32. The fourth-order valence-electron chi connectivity index (χ4n) is 2.77. The molecule has 0 aliphatic heterocycles. The van der Waals surface area contributed by atoms with Gasteiger partial charge in [0.2, 0.25) is 10.0 Å². The first kappa shape index (κ1) is 25.2. The maximum atomic E-state index is 11.7. The molecule has 0 aromatic heterocycles. The lowest BCUT2D eigenvalue weighted by Crippen LogP contribution is -2.38. The van der Waals surface area contributed by atoms with Gasteiger partial charge in [0.25, 0.3) is 0 Å². The average Bonchev–Trinajstić information content (AvgIpc) is 2.69. The standard InChI is InChI=1S/C20H28N4O3S.HI/c1-21-20(24(3)14-16-8-10-19(27-4)11-9-16)23-13-17-6-5-7-18(12-17)15-28(25,26)22-2;/h5-12,22H,13-15H2,1-4H3,(H,21,23);1H. The predicted molar refractivity (Wildman–Crippen MR) is 128 cm³/mol. The second-order valence-electron chi connectivity index (χ2n) is 6.39. The first-order valence-corrected chi connectivity index (χ1v) is 10.6. The van der Waals surface area contributed by atoms with E-state index in [-0.39, 0.29) is 29.7 Å². The lowest BCUT2D eigenvalue weighted by Gasteiger charge is -2.22. The Kier molecular flexibility index (Phi) is 10.4. The number of halogens is 1. The first-order valence-electron chi connectivity index (χ1n) is 8.90. The number of ether oxygens (including phenoxy) is 1. The van der Waals surface area contributed by atoms with E-state index in [1.165, 1.54) is 7.05 Å². The van der Waals surface area contributed by atoms with E-state index in [1.807, 2.05) is 60.5 Å². The average molecular weight is 532 g/mol. The van der Waals surface area contributed by atoms with Gasteiger partial charge in [0, 0.05) is 27.2 Å². The van der Waals surface area contributed by atoms with Crippen LogP contribution in [0.1, 0.15) is 16.7 Å². The van der Waals surface area contributed by atoms with Crippen molar-refractivity contribution in [1.29, 1.82) is 0 Å². The second kappa shape index (κ2) is 12.0. The van der Waals surface area contributed by atoms with Gasteiger partial charge in [0.15, 0.2) is 5.96 Å². The highest BCUT2D eigenvalue weighted by atomic mass is 127. The third kappa shape index (κ3) is 8.19. The fraction of sp³-hybridized carbons (Fsp3) is 0.350. The number of benzene rings is 2. The Morgan fingerprint density at radius 2 is 1.76 bits per heavy atom. The quantitative estimate of drug-likeness (QED) is 0.310. The second-order valence-corrected chi connectivity index (χ2v) is 8.31. The van der Waals surface area contributed by atoms with Gasteiger partial charge < -0.3 is 15.0 Å². The molecule has 0 unspecified atom stereocenters. The Morgan fingerprint density at radius 3 is 2.34 bits per heavy atom. The molecule has 0 aliphatic rings. The summed E-state index contributed by atoms with van der Waals surface area (Å²) in [5.41, 5.74) is 2.88. The fourth-order valence-corrected chi connectivity index (χ4v) is 3.53. The number of nitrogens with one attached hydrogen (secondary N) is 2. The molecule has 2 aromatic carbocycles. The molecule has 0 radical (unpaired) electrons. The van der Waals surface area contributed by atoms with Gasteiger partial charge in [0.05, 0.1) is 12.9 Å². The van der Waals surface area contributed by atoms with Crippen LogP contribution in [0.4, 0.5) is 0 Å². The van der Waals surface area contributed by atoms with Crippen molar-refractivity contribution < 1.29 is 13.2 Å². The molecule has 0 aliphatic carbocycles. The summed E-state index contributed by atoms with van der Waals surface area (Å²) in [6.45, 7) is 1.25. The molecule has 0 saturated carbocycles. The van der Waals surface area contributed by atoms with Crippen molar-refractivity contribution in [2.75, 3.05) is 28.3 Å². The summed E-state index contributed by atoms with van der Waals surface area (Å²) < 4.78 is 31.0. The predicted octanol–water partition coefficient (Wildman–Crippen LogP) is 2.57. The molecule has 7 nitrogen and oxygen atoms in total. The SMILES string of the molecule is CN=C(NCc1cccc(CS(=O)(=O)NC)c1)N(C)Cc1ccc(OC)cc1.I. The van der Waals surface area contributed by atoms with Gasteiger partial charge in [-0.15, -0.1) is 24.0 Å². The Labute approximate surface area is 190 Å². The molecular weight excluding hydrogens is 503 g/mol. The van der Waals surface area contributed by atoms with E-state index in [2.05, 4.69) is 15.0 Å². The normalized spacial score (nSPS) is 11.5. The van der Waals surface area contributed by atoms with Crippen molar-refractivity contribution in [3.8, 4) is 5.75 Å². The lowest BCUT2D eigenvalue weighted by molar-refractivity contribution is 0.414. The highest BCUT2D eigenvalue weighted by Gasteiger charge is 2.10. The van der Waals surface area contributed by atoms with Gasteiger partial charge in [-0.1, -0.05) is 36.4 Å². The van der Waals surface area contributed by atoms with Gasteiger partial charge in [-0.2, -0.15) is 0 Å². The molecule has 0 spiro atoms. The van der Waals surface area contributed by atoms with Crippen LogP contribution in [-0.2, 0) is 28.9 Å². The molecular formula is C20H29IN4O3S. The van der Waals surface area contributed by atoms with Crippen LogP contribution in [0.5, 0.6) is 5.75 Å². The number of hydrogen-bond donors (Lipinski definition) is 2. The molecule has 0 amide bonds. The van der Waals surface area contributed by atoms with Gasteiger partial charge in [-0.3, -0.25) is 4.99 Å². The summed E-state index contributed by atoms with van der Waals surface area (Å²) in [6.07, 6.45) is 0. The largest absolute Gasteiger partial charge is 0.497 e. The van der Waals surface area contributed by atoms with Crippen molar-refractivity contribution in [1.82, 2.24) is 14.9 Å². The van der Waals surface area contributed by atoms with Crippen molar-refractivity contribution in [2.24, 2.45) is 4.99 Å². The van der Waals surface area contributed by atoms with E-state index in [4.69, 9.17) is 4.74 Å². The number of rotatable bonds is 8. The van der Waals surface area contributed by atoms with Crippen LogP contribution in [0.15, 0.2) is 53.5 Å². The number of methoxy groups -OCH3 is 1. The van der Waals surface area contributed by atoms with Gasteiger partial charge in [0.1, 0.15) is 5.75 Å². The molecule has 2 aromatic rings. The van der Waals surface area contributed by atoms with E-state index >= 15 is 0 Å². The van der Waals surface area contributed by atoms with Crippen LogP contribution in [0, 0.1) is 0 Å². The Morgan fingerprint density at radius 1 is 1.10 bits per heavy atom. The highest BCUT2D eigenvalue weighted by molar-refractivity contribution is 14.0. The number of aliphatic imine (C=N–C) groups is 1. The van der Waals surface area contributed by atoms with Crippen molar-refractivity contribution in [3.63, 3.8) is 0 Å². The summed E-state index contributed by atoms with van der Waals surface area (Å²) in [4.78, 5) is 6.35. The summed E-state index contributed by atoms with van der Waals surface area (Å²) in [5.74, 6) is 1.54. The zero-order valence-electron chi connectivity index (χ0n) is 17.2. The highest BCUT2D eigenvalue weighted by Crippen LogP contribution is 2.13. The molecule has 0 fully saturated rings. The minimum atomic E-state index is -3.29. The molecule has 29 heavy (non-hydrogen) atoms. The van der Waals surface area contributed by atoms with Crippen molar-refractivity contribution >= 4 is 40.0 Å². The van der Waals surface area contributed by atoms with Crippen LogP contribution < -0.4 is 14.8 Å². The van der Waals surface area contributed by atoms with E-state index < -0.39 is 10.0 Å². The molecule has 9 heteroatoms. The van der Waals surface area contributed by atoms with Crippen molar-refractivity contribution in [2.45, 2.75) is 18.8 Å². The van der Waals surface area contributed by atoms with Crippen molar-refractivity contribution in [3.05, 3.63) is 65.2 Å². The van der Waals surface area contributed by atoms with Crippen LogP contribution in [-0.4, -0.2) is 47.5 Å². The monoisotopic (exact) mass is 532 g/mol. The first-order chi connectivity index (χ1) is 13.4. The van der Waals surface area contributed by atoms with Gasteiger partial charge in [-0.05, 0) is 35.9 Å². The minimum absolute atomic E-state index is 0. The third-order valence-electron chi connectivity index (χ3n) is 4.26. The number of hydrogen-bond acceptors (Lipinski definition) is 4. The molecule has 160 valence electrons. The van der Waals surface area contributed by atoms with Crippen LogP contribution >= 0.6 is 24.0 Å². The van der Waals surface area contributed by atoms with E-state index in [9.17, 15) is 8.42 Å². The molecule has 0 heterocycles. The Hall–Kier alpha value is -1.85. The molecule has 2 rings (SSSR count).